The highest BCUT2D eigenvalue weighted by atomic mass is 35.5. The van der Waals surface area contributed by atoms with Crippen LogP contribution in [0.25, 0.3) is 10.9 Å². The lowest BCUT2D eigenvalue weighted by Gasteiger charge is -1.93. The summed E-state index contributed by atoms with van der Waals surface area (Å²) in [7, 11) is 1.83. The van der Waals surface area contributed by atoms with Gasteiger partial charge in [-0.25, -0.2) is 0 Å². The predicted molar refractivity (Wildman–Crippen MR) is 51.1 cm³/mol. The average molecular weight is 195 g/mol. The van der Waals surface area contributed by atoms with Crippen molar-refractivity contribution in [3.05, 3.63) is 28.9 Å². The molecule has 13 heavy (non-hydrogen) atoms. The number of nitrogens with zero attached hydrogens (tertiary/aromatic N) is 2. The molecule has 2 aromatic rings. The number of aldehydes is 1. The second kappa shape index (κ2) is 2.85. The molecule has 0 spiro atoms. The first-order chi connectivity index (χ1) is 6.20. The van der Waals surface area contributed by atoms with Gasteiger partial charge < -0.3 is 0 Å². The topological polar surface area (TPSA) is 34.9 Å². The summed E-state index contributed by atoms with van der Waals surface area (Å²) in [5.74, 6) is 0. The second-order valence-corrected chi connectivity index (χ2v) is 3.26. The maximum absolute atomic E-state index is 10.6. The summed E-state index contributed by atoms with van der Waals surface area (Å²) in [4.78, 5) is 10.6. The first kappa shape index (κ1) is 8.26. The quantitative estimate of drug-likeness (QED) is 0.652. The van der Waals surface area contributed by atoms with Crippen molar-refractivity contribution >= 4 is 28.8 Å². The number of fused-ring (bicyclic) bond motifs is 1. The standard InChI is InChI=1S/C9H7ClN2O/c1-12-4-6-2-7(5-13)8(10)3-9(6)11-12/h2-5H,1H3. The van der Waals surface area contributed by atoms with Crippen LogP contribution in [0.1, 0.15) is 10.4 Å². The summed E-state index contributed by atoms with van der Waals surface area (Å²) >= 11 is 5.83. The Kier molecular flexibility index (Phi) is 1.81. The predicted octanol–water partition coefficient (Wildman–Crippen LogP) is 2.04. The second-order valence-electron chi connectivity index (χ2n) is 2.85. The summed E-state index contributed by atoms with van der Waals surface area (Å²) in [5, 5.41) is 5.54. The van der Waals surface area contributed by atoms with Crippen molar-refractivity contribution in [3.63, 3.8) is 0 Å². The normalized spacial score (nSPS) is 10.6. The number of aromatic nitrogens is 2. The molecular weight excluding hydrogens is 188 g/mol. The van der Waals surface area contributed by atoms with Crippen LogP contribution in [0.15, 0.2) is 18.3 Å². The number of hydrogen-bond acceptors (Lipinski definition) is 2. The van der Waals surface area contributed by atoms with Crippen molar-refractivity contribution in [3.8, 4) is 0 Å². The summed E-state index contributed by atoms with van der Waals surface area (Å²) in [6.45, 7) is 0. The summed E-state index contributed by atoms with van der Waals surface area (Å²) in [5.41, 5.74) is 1.31. The van der Waals surface area contributed by atoms with E-state index in [1.54, 1.807) is 16.8 Å². The van der Waals surface area contributed by atoms with Crippen LogP contribution in [0.3, 0.4) is 0 Å². The molecule has 0 N–H and O–H groups in total. The van der Waals surface area contributed by atoms with E-state index in [9.17, 15) is 4.79 Å². The van der Waals surface area contributed by atoms with Crippen LogP contribution in [-0.2, 0) is 7.05 Å². The minimum atomic E-state index is 0.446. The molecule has 3 nitrogen and oxygen atoms in total. The van der Waals surface area contributed by atoms with Crippen molar-refractivity contribution < 1.29 is 4.79 Å². The van der Waals surface area contributed by atoms with Crippen LogP contribution in [0, 0.1) is 0 Å². The van der Waals surface area contributed by atoms with Gasteiger partial charge in [0.25, 0.3) is 0 Å². The molecule has 0 fully saturated rings. The van der Waals surface area contributed by atoms with Gasteiger partial charge in [0.1, 0.15) is 0 Å². The maximum Gasteiger partial charge on any atom is 0.151 e. The maximum atomic E-state index is 10.6. The molecule has 0 atom stereocenters. The van der Waals surface area contributed by atoms with Gasteiger partial charge >= 0.3 is 0 Å². The van der Waals surface area contributed by atoms with Gasteiger partial charge in [-0.05, 0) is 12.1 Å². The average Bonchev–Trinajstić information content (AvgIpc) is 2.42. The third-order valence-electron chi connectivity index (χ3n) is 1.86. The first-order valence-corrected chi connectivity index (χ1v) is 4.16. The molecule has 0 aliphatic rings. The van der Waals surface area contributed by atoms with Gasteiger partial charge in [0.2, 0.25) is 0 Å². The van der Waals surface area contributed by atoms with E-state index < -0.39 is 0 Å². The van der Waals surface area contributed by atoms with Crippen LogP contribution >= 0.6 is 11.6 Å². The lowest BCUT2D eigenvalue weighted by Crippen LogP contribution is -1.84. The Morgan fingerprint density at radius 2 is 2.31 bits per heavy atom. The van der Waals surface area contributed by atoms with E-state index in [4.69, 9.17) is 11.6 Å². The highest BCUT2D eigenvalue weighted by Crippen LogP contribution is 2.21. The zero-order chi connectivity index (χ0) is 9.42. The minimum absolute atomic E-state index is 0.446. The fourth-order valence-electron chi connectivity index (χ4n) is 1.28. The van der Waals surface area contributed by atoms with Gasteiger partial charge in [0, 0.05) is 24.2 Å². The van der Waals surface area contributed by atoms with Crippen molar-refractivity contribution in [2.75, 3.05) is 0 Å². The van der Waals surface area contributed by atoms with Crippen molar-refractivity contribution in [1.82, 2.24) is 9.78 Å². The van der Waals surface area contributed by atoms with E-state index in [1.807, 2.05) is 13.2 Å². The van der Waals surface area contributed by atoms with Crippen molar-refractivity contribution in [2.24, 2.45) is 7.05 Å². The molecule has 0 amide bonds. The molecule has 4 heteroatoms. The highest BCUT2D eigenvalue weighted by molar-refractivity contribution is 6.33. The number of carbonyl (C=O) groups is 1. The van der Waals surface area contributed by atoms with E-state index >= 15 is 0 Å². The van der Waals surface area contributed by atoms with E-state index in [2.05, 4.69) is 5.10 Å². The number of carbonyl (C=O) groups excluding carboxylic acids is 1. The van der Waals surface area contributed by atoms with Gasteiger partial charge in [0.15, 0.2) is 6.29 Å². The Morgan fingerprint density at radius 3 is 3.00 bits per heavy atom. The third-order valence-corrected chi connectivity index (χ3v) is 2.19. The van der Waals surface area contributed by atoms with Crippen LogP contribution in [0.4, 0.5) is 0 Å². The van der Waals surface area contributed by atoms with E-state index in [0.717, 1.165) is 17.2 Å². The van der Waals surface area contributed by atoms with Crippen LogP contribution in [0.2, 0.25) is 5.02 Å². The smallest absolute Gasteiger partial charge is 0.151 e. The van der Waals surface area contributed by atoms with Crippen LogP contribution in [-0.4, -0.2) is 16.1 Å². The molecule has 0 aliphatic heterocycles. The van der Waals surface area contributed by atoms with E-state index in [1.165, 1.54) is 0 Å². The molecule has 1 heterocycles. The SMILES string of the molecule is Cn1cc2cc(C=O)c(Cl)cc2n1. The van der Waals surface area contributed by atoms with Gasteiger partial charge in [0.05, 0.1) is 10.5 Å². The molecule has 0 radical (unpaired) electrons. The number of benzene rings is 1. The fourth-order valence-corrected chi connectivity index (χ4v) is 1.48. The summed E-state index contributed by atoms with van der Waals surface area (Å²) in [6, 6.07) is 3.43. The van der Waals surface area contributed by atoms with Gasteiger partial charge in [-0.2, -0.15) is 5.10 Å². The van der Waals surface area contributed by atoms with Crippen LogP contribution in [0.5, 0.6) is 0 Å². The Morgan fingerprint density at radius 1 is 1.54 bits per heavy atom. The first-order valence-electron chi connectivity index (χ1n) is 3.79. The highest BCUT2D eigenvalue weighted by Gasteiger charge is 2.04. The molecule has 0 saturated carbocycles. The largest absolute Gasteiger partial charge is 0.298 e. The molecule has 1 aromatic carbocycles. The molecule has 2 rings (SSSR count). The number of halogens is 1. The van der Waals surface area contributed by atoms with E-state index in [0.29, 0.717) is 10.6 Å². The molecule has 66 valence electrons. The Bertz CT molecular complexity index is 476. The molecule has 0 unspecified atom stereocenters. The summed E-state index contributed by atoms with van der Waals surface area (Å²) in [6.07, 6.45) is 2.59. The molecular formula is C9H7ClN2O. The number of aryl methyl sites for hydroxylation is 1. The van der Waals surface area contributed by atoms with Crippen LogP contribution < -0.4 is 0 Å². The minimum Gasteiger partial charge on any atom is -0.298 e. The molecule has 0 aliphatic carbocycles. The van der Waals surface area contributed by atoms with Gasteiger partial charge in [-0.3, -0.25) is 9.48 Å². The lowest BCUT2D eigenvalue weighted by atomic mass is 10.2. The number of hydrogen-bond donors (Lipinski definition) is 0. The fraction of sp³-hybridized carbons (Fsp3) is 0.111. The Labute approximate surface area is 79.9 Å². The number of rotatable bonds is 1. The van der Waals surface area contributed by atoms with Gasteiger partial charge in [-0.1, -0.05) is 11.6 Å². The molecule has 0 bridgehead atoms. The van der Waals surface area contributed by atoms with Crippen molar-refractivity contribution in [1.29, 1.82) is 0 Å². The van der Waals surface area contributed by atoms with Gasteiger partial charge in [-0.15, -0.1) is 0 Å². The zero-order valence-corrected chi connectivity index (χ0v) is 7.75. The Hall–Kier alpha value is -1.35. The summed E-state index contributed by atoms with van der Waals surface area (Å²) < 4.78 is 1.69. The molecule has 1 aromatic heterocycles. The lowest BCUT2D eigenvalue weighted by molar-refractivity contribution is 0.112. The van der Waals surface area contributed by atoms with E-state index in [-0.39, 0.29) is 0 Å². The van der Waals surface area contributed by atoms with Crippen molar-refractivity contribution in [2.45, 2.75) is 0 Å². The monoisotopic (exact) mass is 194 g/mol. The zero-order valence-electron chi connectivity index (χ0n) is 6.99. The molecule has 0 saturated heterocycles. The Balaban J connectivity index is 2.79. The third kappa shape index (κ3) is 1.31.